The Kier molecular flexibility index (Phi) is 12.6. The van der Waals surface area contributed by atoms with Crippen molar-refractivity contribution in [3.05, 3.63) is 292 Å². The van der Waals surface area contributed by atoms with E-state index in [0.29, 0.717) is 0 Å². The Balaban J connectivity index is 0.00000104. The van der Waals surface area contributed by atoms with Gasteiger partial charge in [-0.05, 0) is 133 Å². The summed E-state index contributed by atoms with van der Waals surface area (Å²) in [4.78, 5) is 4.73. The highest BCUT2D eigenvalue weighted by molar-refractivity contribution is 6.17. The van der Waals surface area contributed by atoms with Gasteiger partial charge in [0, 0.05) is 33.5 Å². The fourth-order valence-electron chi connectivity index (χ4n) is 10.3. The predicted molar refractivity (Wildman–Crippen MR) is 307 cm³/mol. The van der Waals surface area contributed by atoms with Crippen molar-refractivity contribution in [2.24, 2.45) is 0 Å². The van der Waals surface area contributed by atoms with Gasteiger partial charge in [-0.3, -0.25) is 0 Å². The molecule has 12 aromatic carbocycles. The number of para-hydroxylation sites is 4. The van der Waals surface area contributed by atoms with Crippen LogP contribution >= 0.6 is 0 Å². The number of fused-ring (bicyclic) bond motifs is 4. The third kappa shape index (κ3) is 8.54. The smallest absolute Gasteiger partial charge is 0.0540 e. The molecule has 0 amide bonds. The molecule has 0 unspecified atom stereocenters. The van der Waals surface area contributed by atoms with Crippen molar-refractivity contribution < 1.29 is 0 Å². The maximum absolute atomic E-state index is 3.46. The molecule has 0 bridgehead atoms. The first-order chi connectivity index (χ1) is 35.2. The fourth-order valence-corrected chi connectivity index (χ4v) is 10.3. The molecule has 0 aliphatic carbocycles. The van der Waals surface area contributed by atoms with Crippen LogP contribution in [0.15, 0.2) is 292 Å². The van der Waals surface area contributed by atoms with E-state index < -0.39 is 0 Å². The maximum atomic E-state index is 3.46. The molecule has 71 heavy (non-hydrogen) atoms. The summed E-state index contributed by atoms with van der Waals surface area (Å²) >= 11 is 0. The summed E-state index contributed by atoms with van der Waals surface area (Å²) in [5, 5.41) is 9.75. The molecule has 12 aromatic rings. The van der Waals surface area contributed by atoms with E-state index in [1.54, 1.807) is 6.08 Å². The Labute approximate surface area is 417 Å². The molecule has 0 radical (unpaired) electrons. The van der Waals surface area contributed by atoms with Crippen LogP contribution in [-0.4, -0.2) is 0 Å². The van der Waals surface area contributed by atoms with Gasteiger partial charge in [0.05, 0.1) is 11.4 Å². The first-order valence-corrected chi connectivity index (χ1v) is 24.3. The zero-order valence-corrected chi connectivity index (χ0v) is 39.7. The second-order valence-corrected chi connectivity index (χ2v) is 17.5. The largest absolute Gasteiger partial charge is 0.310 e. The lowest BCUT2D eigenvalue weighted by Gasteiger charge is -2.27. The van der Waals surface area contributed by atoms with Gasteiger partial charge in [0.1, 0.15) is 0 Å². The van der Waals surface area contributed by atoms with E-state index in [0.717, 1.165) is 34.1 Å². The molecule has 0 spiro atoms. The third-order valence-corrected chi connectivity index (χ3v) is 13.4. The number of hydrogen-bond donors (Lipinski definition) is 0. The number of rotatable bonds is 10. The highest BCUT2D eigenvalue weighted by atomic mass is 15.1. The van der Waals surface area contributed by atoms with E-state index in [1.807, 2.05) is 19.1 Å². The summed E-state index contributed by atoms with van der Waals surface area (Å²) in [7, 11) is 0. The summed E-state index contributed by atoms with van der Waals surface area (Å²) in [6.45, 7) is 5.42. The lowest BCUT2D eigenvalue weighted by atomic mass is 9.87. The van der Waals surface area contributed by atoms with Crippen LogP contribution in [0.5, 0.6) is 0 Å². The first-order valence-electron chi connectivity index (χ1n) is 24.3. The Hall–Kier alpha value is -9.24. The van der Waals surface area contributed by atoms with Crippen LogP contribution in [0, 0.1) is 0 Å². The van der Waals surface area contributed by atoms with E-state index in [4.69, 9.17) is 0 Å². The van der Waals surface area contributed by atoms with Gasteiger partial charge in [0.2, 0.25) is 0 Å². The second kappa shape index (κ2) is 20.2. The highest BCUT2D eigenvalue weighted by Crippen LogP contribution is 2.47. The van der Waals surface area contributed by atoms with Crippen LogP contribution in [0.2, 0.25) is 0 Å². The molecule has 0 N–H and O–H groups in total. The Bertz CT molecular complexity index is 3560. The van der Waals surface area contributed by atoms with E-state index >= 15 is 0 Å². The SMILES string of the molecule is C=C/C=C\C.c1ccc(N(c2ccccc2)c2ccc(-c3cccc4c(-c5ccc(-c6ccc(N(c7ccccc7)c7ccccc7)c7ccccc67)c6ccccc56)cccc34)c3ccccc23)cc1. The lowest BCUT2D eigenvalue weighted by molar-refractivity contribution is 1.30. The fraction of sp³-hybridized carbons (Fsp3) is 0.0145. The van der Waals surface area contributed by atoms with Crippen molar-refractivity contribution in [3.8, 4) is 33.4 Å². The van der Waals surface area contributed by atoms with Gasteiger partial charge in [0.25, 0.3) is 0 Å². The molecule has 0 saturated heterocycles. The van der Waals surface area contributed by atoms with Crippen molar-refractivity contribution in [1.82, 2.24) is 0 Å². The first kappa shape index (κ1) is 44.3. The standard InChI is InChI=1S/C64H44N2.C5H8/c1-5-21-45(22-6-1)65(46-23-7-2-8-24-46)63-43-41-59(55-31-15-17-33-61(55)63)54-38-20-35-51-52(54)36-19-37-53(51)57-39-40-58(50-30-14-13-29-49(50)57)60-42-44-64(62-34-18-16-32-56(60)62)66(47-25-9-3-10-26-47)48-27-11-4-12-28-48;1-3-5-4-2/h1-44H;3-5H,1H2,2H3/b;5-4-. The molecule has 2 nitrogen and oxygen atoms in total. The average molecular weight is 909 g/mol. The summed E-state index contributed by atoms with van der Waals surface area (Å²) in [5.74, 6) is 0. The Morgan fingerprint density at radius 3 is 0.775 bits per heavy atom. The highest BCUT2D eigenvalue weighted by Gasteiger charge is 2.21. The minimum absolute atomic E-state index is 1.12. The van der Waals surface area contributed by atoms with E-state index in [9.17, 15) is 0 Å². The molecule has 0 aliphatic heterocycles. The van der Waals surface area contributed by atoms with E-state index in [1.165, 1.54) is 76.5 Å². The van der Waals surface area contributed by atoms with Gasteiger partial charge < -0.3 is 9.80 Å². The predicted octanol–water partition coefficient (Wildman–Crippen LogP) is 20.0. The van der Waals surface area contributed by atoms with Crippen molar-refractivity contribution in [3.63, 3.8) is 0 Å². The minimum Gasteiger partial charge on any atom is -0.310 e. The molecule has 12 rings (SSSR count). The van der Waals surface area contributed by atoms with E-state index in [-0.39, 0.29) is 0 Å². The molecule has 0 atom stereocenters. The molecule has 0 saturated carbocycles. The van der Waals surface area contributed by atoms with Crippen molar-refractivity contribution in [2.45, 2.75) is 6.92 Å². The van der Waals surface area contributed by atoms with Gasteiger partial charge in [-0.25, -0.2) is 0 Å². The van der Waals surface area contributed by atoms with Gasteiger partial charge in [-0.15, -0.1) is 0 Å². The van der Waals surface area contributed by atoms with Crippen LogP contribution < -0.4 is 9.80 Å². The van der Waals surface area contributed by atoms with Crippen LogP contribution in [0.25, 0.3) is 76.5 Å². The Morgan fingerprint density at radius 1 is 0.254 bits per heavy atom. The van der Waals surface area contributed by atoms with Crippen LogP contribution in [-0.2, 0) is 0 Å². The number of benzene rings is 12. The normalized spacial score (nSPS) is 11.2. The summed E-state index contributed by atoms with van der Waals surface area (Å²) in [5.41, 5.74) is 14.1. The molecule has 0 fully saturated rings. The molecule has 338 valence electrons. The Morgan fingerprint density at radius 2 is 0.493 bits per heavy atom. The van der Waals surface area contributed by atoms with Crippen molar-refractivity contribution in [2.75, 3.05) is 9.80 Å². The van der Waals surface area contributed by atoms with Gasteiger partial charge >= 0.3 is 0 Å². The number of allylic oxidation sites excluding steroid dienone is 3. The summed E-state index contributed by atoms with van der Waals surface area (Å²) in [6.07, 6.45) is 5.58. The van der Waals surface area contributed by atoms with Gasteiger partial charge in [-0.1, -0.05) is 231 Å². The van der Waals surface area contributed by atoms with Crippen LogP contribution in [0.4, 0.5) is 34.1 Å². The quantitative estimate of drug-likeness (QED) is 0.126. The van der Waals surface area contributed by atoms with E-state index in [2.05, 4.69) is 283 Å². The molecule has 0 aliphatic rings. The average Bonchev–Trinajstić information content (AvgIpc) is 3.44. The second-order valence-electron chi connectivity index (χ2n) is 17.5. The molecule has 0 heterocycles. The monoisotopic (exact) mass is 908 g/mol. The van der Waals surface area contributed by atoms with Crippen molar-refractivity contribution in [1.29, 1.82) is 0 Å². The zero-order chi connectivity index (χ0) is 47.9. The summed E-state index contributed by atoms with van der Waals surface area (Å²) in [6, 6.07) is 96.8. The lowest BCUT2D eigenvalue weighted by Crippen LogP contribution is -2.10. The van der Waals surface area contributed by atoms with Crippen molar-refractivity contribution >= 4 is 77.2 Å². The minimum atomic E-state index is 1.12. The number of anilines is 6. The maximum Gasteiger partial charge on any atom is 0.0540 e. The van der Waals surface area contributed by atoms with Gasteiger partial charge in [0.15, 0.2) is 0 Å². The zero-order valence-electron chi connectivity index (χ0n) is 39.7. The topological polar surface area (TPSA) is 6.48 Å². The number of nitrogens with zero attached hydrogens (tertiary/aromatic N) is 2. The molecule has 2 heteroatoms. The van der Waals surface area contributed by atoms with Crippen LogP contribution in [0.1, 0.15) is 6.92 Å². The number of hydrogen-bond acceptors (Lipinski definition) is 2. The molecule has 0 aromatic heterocycles. The molecular formula is C69H52N2. The summed E-state index contributed by atoms with van der Waals surface area (Å²) < 4.78 is 0. The van der Waals surface area contributed by atoms with Gasteiger partial charge in [-0.2, -0.15) is 0 Å². The van der Waals surface area contributed by atoms with Crippen LogP contribution in [0.3, 0.4) is 0 Å². The third-order valence-electron chi connectivity index (χ3n) is 13.4. The molecular weight excluding hydrogens is 857 g/mol.